The highest BCUT2D eigenvalue weighted by molar-refractivity contribution is 7.92. The lowest BCUT2D eigenvalue weighted by Gasteiger charge is -2.27. The van der Waals surface area contributed by atoms with Crippen molar-refractivity contribution in [3.63, 3.8) is 0 Å². The van der Waals surface area contributed by atoms with E-state index in [1.807, 2.05) is 13.0 Å². The van der Waals surface area contributed by atoms with Gasteiger partial charge in [0.25, 0.3) is 5.91 Å². The van der Waals surface area contributed by atoms with Gasteiger partial charge in [-0.15, -0.1) is 0 Å². The van der Waals surface area contributed by atoms with Crippen molar-refractivity contribution in [2.45, 2.75) is 19.4 Å². The van der Waals surface area contributed by atoms with Crippen LogP contribution >= 0.6 is 0 Å². The summed E-state index contributed by atoms with van der Waals surface area (Å²) in [6.45, 7) is 4.21. The molecule has 0 aliphatic carbocycles. The fourth-order valence-corrected chi connectivity index (χ4v) is 4.45. The summed E-state index contributed by atoms with van der Waals surface area (Å²) in [6.07, 6.45) is 1.85. The zero-order valence-electron chi connectivity index (χ0n) is 12.8. The molecule has 1 saturated heterocycles. The quantitative estimate of drug-likeness (QED) is 0.809. The molecule has 0 aromatic heterocycles. The van der Waals surface area contributed by atoms with Crippen molar-refractivity contribution in [3.05, 3.63) is 29.3 Å². The van der Waals surface area contributed by atoms with Gasteiger partial charge in [0, 0.05) is 24.7 Å². The van der Waals surface area contributed by atoms with Crippen molar-refractivity contribution in [1.82, 2.24) is 4.90 Å². The van der Waals surface area contributed by atoms with Gasteiger partial charge in [0.2, 0.25) is 10.0 Å². The van der Waals surface area contributed by atoms with Crippen LogP contribution in [0.1, 0.15) is 22.8 Å². The summed E-state index contributed by atoms with van der Waals surface area (Å²) in [4.78, 5) is 14.3. The molecule has 1 amide bonds. The number of morpholine rings is 1. The molecule has 22 heavy (non-hydrogen) atoms. The molecule has 6 nitrogen and oxygen atoms in total. The molecular formula is C15H20N2O4S. The monoisotopic (exact) mass is 324 g/mol. The Labute approximate surface area is 130 Å². The lowest BCUT2D eigenvalue weighted by atomic mass is 10.1. The molecule has 0 radical (unpaired) electrons. The molecule has 1 aromatic rings. The predicted octanol–water partition coefficient (Wildman–Crippen LogP) is 0.870. The molecule has 1 aromatic carbocycles. The molecule has 1 unspecified atom stereocenters. The Morgan fingerprint density at radius 3 is 2.59 bits per heavy atom. The minimum absolute atomic E-state index is 0.0171. The van der Waals surface area contributed by atoms with E-state index < -0.39 is 10.0 Å². The van der Waals surface area contributed by atoms with Crippen molar-refractivity contribution in [2.24, 2.45) is 0 Å². The number of nitrogens with zero attached hydrogens (tertiary/aromatic N) is 2. The molecule has 1 atom stereocenters. The van der Waals surface area contributed by atoms with Gasteiger partial charge < -0.3 is 9.64 Å². The van der Waals surface area contributed by atoms with E-state index in [1.165, 1.54) is 10.6 Å². The second-order valence-electron chi connectivity index (χ2n) is 5.86. The third kappa shape index (κ3) is 2.70. The number of carbonyl (C=O) groups excluding carboxylic acids is 1. The van der Waals surface area contributed by atoms with Crippen LogP contribution in [0.4, 0.5) is 5.69 Å². The van der Waals surface area contributed by atoms with Gasteiger partial charge in [-0.05, 0) is 37.1 Å². The SMILES string of the molecule is CC1Cc2cc(C(=O)N3CCOCC3)ccc2N1S(C)(=O)=O. The fraction of sp³-hybridized carbons (Fsp3) is 0.533. The summed E-state index contributed by atoms with van der Waals surface area (Å²) in [6, 6.07) is 5.17. The summed E-state index contributed by atoms with van der Waals surface area (Å²) in [5.41, 5.74) is 2.22. The molecule has 3 rings (SSSR count). The van der Waals surface area contributed by atoms with Gasteiger partial charge in [0.15, 0.2) is 0 Å². The molecule has 0 bridgehead atoms. The van der Waals surface area contributed by atoms with E-state index in [-0.39, 0.29) is 11.9 Å². The molecular weight excluding hydrogens is 304 g/mol. The van der Waals surface area contributed by atoms with Crippen molar-refractivity contribution >= 4 is 21.6 Å². The van der Waals surface area contributed by atoms with E-state index >= 15 is 0 Å². The van der Waals surface area contributed by atoms with Crippen LogP contribution < -0.4 is 4.31 Å². The third-order valence-corrected chi connectivity index (χ3v) is 5.41. The number of ether oxygens (including phenoxy) is 1. The van der Waals surface area contributed by atoms with Gasteiger partial charge in [-0.2, -0.15) is 0 Å². The Balaban J connectivity index is 1.89. The molecule has 1 fully saturated rings. The maximum atomic E-state index is 12.5. The average molecular weight is 324 g/mol. The number of rotatable bonds is 2. The molecule has 0 N–H and O–H groups in total. The van der Waals surface area contributed by atoms with Gasteiger partial charge in [-0.25, -0.2) is 8.42 Å². The number of benzene rings is 1. The molecule has 0 spiro atoms. The topological polar surface area (TPSA) is 66.9 Å². The van der Waals surface area contributed by atoms with Crippen LogP contribution in [0.3, 0.4) is 0 Å². The van der Waals surface area contributed by atoms with Crippen LogP contribution in [0.2, 0.25) is 0 Å². The number of hydrogen-bond acceptors (Lipinski definition) is 4. The van der Waals surface area contributed by atoms with E-state index in [2.05, 4.69) is 0 Å². The van der Waals surface area contributed by atoms with Crippen molar-refractivity contribution in [1.29, 1.82) is 0 Å². The lowest BCUT2D eigenvalue weighted by molar-refractivity contribution is 0.0303. The van der Waals surface area contributed by atoms with Crippen molar-refractivity contribution in [3.8, 4) is 0 Å². The number of sulfonamides is 1. The van der Waals surface area contributed by atoms with Crippen LogP contribution in [-0.4, -0.2) is 57.8 Å². The highest BCUT2D eigenvalue weighted by atomic mass is 32.2. The smallest absolute Gasteiger partial charge is 0.254 e. The maximum Gasteiger partial charge on any atom is 0.254 e. The number of fused-ring (bicyclic) bond motifs is 1. The summed E-state index contributed by atoms with van der Waals surface area (Å²) in [5.74, 6) is -0.0171. The molecule has 0 saturated carbocycles. The van der Waals surface area contributed by atoms with E-state index in [9.17, 15) is 13.2 Å². The Hall–Kier alpha value is -1.60. The number of carbonyl (C=O) groups is 1. The number of hydrogen-bond donors (Lipinski definition) is 0. The van der Waals surface area contributed by atoms with Gasteiger partial charge >= 0.3 is 0 Å². The molecule has 2 aliphatic rings. The van der Waals surface area contributed by atoms with Crippen LogP contribution in [0.25, 0.3) is 0 Å². The highest BCUT2D eigenvalue weighted by Gasteiger charge is 2.33. The predicted molar refractivity (Wildman–Crippen MR) is 83.7 cm³/mol. The molecule has 2 aliphatic heterocycles. The minimum atomic E-state index is -3.30. The first kappa shape index (κ1) is 15.3. The standard InChI is InChI=1S/C15H20N2O4S/c1-11-9-13-10-12(15(18)16-5-7-21-8-6-16)3-4-14(13)17(11)22(2,19)20/h3-4,10-11H,5-9H2,1-2H3. The second kappa shape index (κ2) is 5.55. The fourth-order valence-electron chi connectivity index (χ4n) is 3.19. The normalized spacial score (nSPS) is 21.8. The van der Waals surface area contributed by atoms with E-state index in [0.29, 0.717) is 44.0 Å². The Morgan fingerprint density at radius 2 is 1.95 bits per heavy atom. The van der Waals surface area contributed by atoms with E-state index in [1.54, 1.807) is 17.0 Å². The van der Waals surface area contributed by atoms with Crippen LogP contribution in [-0.2, 0) is 21.2 Å². The Kier molecular flexibility index (Phi) is 3.86. The first-order valence-electron chi connectivity index (χ1n) is 7.37. The van der Waals surface area contributed by atoms with Crippen molar-refractivity contribution in [2.75, 3.05) is 36.9 Å². The molecule has 120 valence electrons. The third-order valence-electron chi connectivity index (χ3n) is 4.14. The van der Waals surface area contributed by atoms with Crippen molar-refractivity contribution < 1.29 is 17.9 Å². The molecule has 7 heteroatoms. The zero-order valence-corrected chi connectivity index (χ0v) is 13.6. The van der Waals surface area contributed by atoms with Crippen LogP contribution in [0.5, 0.6) is 0 Å². The summed E-state index contributed by atoms with van der Waals surface area (Å²) in [7, 11) is -3.30. The van der Waals surface area contributed by atoms with Gasteiger partial charge in [0.05, 0.1) is 25.2 Å². The summed E-state index contributed by atoms with van der Waals surface area (Å²) < 4.78 is 30.5. The molecule has 2 heterocycles. The summed E-state index contributed by atoms with van der Waals surface area (Å²) in [5, 5.41) is 0. The minimum Gasteiger partial charge on any atom is -0.378 e. The van der Waals surface area contributed by atoms with E-state index in [4.69, 9.17) is 4.74 Å². The Morgan fingerprint density at radius 1 is 1.27 bits per heavy atom. The first-order chi connectivity index (χ1) is 10.4. The van der Waals surface area contributed by atoms with Crippen LogP contribution in [0.15, 0.2) is 18.2 Å². The summed E-state index contributed by atoms with van der Waals surface area (Å²) >= 11 is 0. The van der Waals surface area contributed by atoms with Gasteiger partial charge in [-0.1, -0.05) is 0 Å². The number of amides is 1. The van der Waals surface area contributed by atoms with E-state index in [0.717, 1.165) is 5.56 Å². The van der Waals surface area contributed by atoms with Gasteiger partial charge in [0.1, 0.15) is 0 Å². The highest BCUT2D eigenvalue weighted by Crippen LogP contribution is 2.34. The van der Waals surface area contributed by atoms with Gasteiger partial charge in [-0.3, -0.25) is 9.10 Å². The lowest BCUT2D eigenvalue weighted by Crippen LogP contribution is -2.40. The van der Waals surface area contributed by atoms with Crippen LogP contribution in [0, 0.1) is 0 Å². The zero-order chi connectivity index (χ0) is 15.9. The largest absolute Gasteiger partial charge is 0.378 e. The average Bonchev–Trinajstić information content (AvgIpc) is 2.82. The Bertz CT molecular complexity index is 695. The number of anilines is 1. The first-order valence-corrected chi connectivity index (χ1v) is 9.22. The second-order valence-corrected chi connectivity index (χ2v) is 7.72. The maximum absolute atomic E-state index is 12.5.